The number of benzene rings is 1. The Labute approximate surface area is 158 Å². The van der Waals surface area contributed by atoms with Crippen molar-refractivity contribution in [2.45, 2.75) is 6.61 Å². The van der Waals surface area contributed by atoms with Gasteiger partial charge in [0.05, 0.1) is 0 Å². The number of pyridine rings is 1. The lowest BCUT2D eigenvalue weighted by molar-refractivity contribution is 0.281. The number of anilines is 2. The summed E-state index contributed by atoms with van der Waals surface area (Å²) in [6.45, 7) is 0.155. The fourth-order valence-corrected chi connectivity index (χ4v) is 2.66. The normalized spacial score (nSPS) is 10.8. The highest BCUT2D eigenvalue weighted by molar-refractivity contribution is 6.30. The number of fused-ring (bicyclic) bond motifs is 1. The number of ether oxygens (including phenoxy) is 1. The van der Waals surface area contributed by atoms with Crippen LogP contribution in [0.25, 0.3) is 5.65 Å². The Balaban J connectivity index is 1.56. The molecule has 26 heavy (non-hydrogen) atoms. The second kappa shape index (κ2) is 7.15. The quantitative estimate of drug-likeness (QED) is 0.519. The van der Waals surface area contributed by atoms with Gasteiger partial charge in [-0.1, -0.05) is 35.3 Å². The zero-order valence-corrected chi connectivity index (χ0v) is 14.8. The van der Waals surface area contributed by atoms with Gasteiger partial charge >= 0.3 is 0 Å². The van der Waals surface area contributed by atoms with E-state index in [1.165, 1.54) is 0 Å². The van der Waals surface area contributed by atoms with E-state index >= 15 is 0 Å². The summed E-state index contributed by atoms with van der Waals surface area (Å²) >= 11 is 11.9. The van der Waals surface area contributed by atoms with Crippen LogP contribution in [0.4, 0.5) is 11.5 Å². The van der Waals surface area contributed by atoms with Crippen molar-refractivity contribution in [3.05, 3.63) is 70.6 Å². The molecule has 0 unspecified atom stereocenters. The summed E-state index contributed by atoms with van der Waals surface area (Å²) in [5, 5.41) is 16.9. The van der Waals surface area contributed by atoms with Crippen LogP contribution >= 0.6 is 23.2 Å². The van der Waals surface area contributed by atoms with Crippen LogP contribution in [0.15, 0.2) is 54.6 Å². The maximum atomic E-state index is 6.01. The molecule has 0 saturated carbocycles. The minimum Gasteiger partial charge on any atom is -0.469 e. The van der Waals surface area contributed by atoms with Crippen LogP contribution in [0.1, 0.15) is 5.82 Å². The summed E-state index contributed by atoms with van der Waals surface area (Å²) in [5.74, 6) is 1.57. The highest BCUT2D eigenvalue weighted by Gasteiger charge is 2.09. The Morgan fingerprint density at radius 3 is 2.73 bits per heavy atom. The van der Waals surface area contributed by atoms with Crippen molar-refractivity contribution in [3.63, 3.8) is 0 Å². The van der Waals surface area contributed by atoms with Crippen LogP contribution in [0, 0.1) is 0 Å². The van der Waals surface area contributed by atoms with Crippen LogP contribution in [0.3, 0.4) is 0 Å². The molecular weight excluding hydrogens is 375 g/mol. The molecule has 130 valence electrons. The first-order valence-corrected chi connectivity index (χ1v) is 8.42. The van der Waals surface area contributed by atoms with Gasteiger partial charge in [-0.3, -0.25) is 0 Å². The van der Waals surface area contributed by atoms with E-state index in [9.17, 15) is 0 Å². The summed E-state index contributed by atoms with van der Waals surface area (Å²) in [4.78, 5) is 4.07. The third kappa shape index (κ3) is 3.68. The van der Waals surface area contributed by atoms with Crippen molar-refractivity contribution in [1.29, 1.82) is 0 Å². The molecule has 1 aromatic carbocycles. The minimum atomic E-state index is 0.155. The molecule has 3 heterocycles. The highest BCUT2D eigenvalue weighted by atomic mass is 35.5. The largest absolute Gasteiger partial charge is 0.469 e. The summed E-state index contributed by atoms with van der Waals surface area (Å²) in [6, 6.07) is 16.2. The van der Waals surface area contributed by atoms with Crippen LogP contribution in [0.2, 0.25) is 10.2 Å². The van der Waals surface area contributed by atoms with Gasteiger partial charge in [0.2, 0.25) is 5.88 Å². The van der Waals surface area contributed by atoms with E-state index in [1.54, 1.807) is 22.7 Å². The molecule has 4 aromatic rings. The summed E-state index contributed by atoms with van der Waals surface area (Å²) in [6.07, 6.45) is 0. The van der Waals surface area contributed by atoms with E-state index in [-0.39, 0.29) is 6.61 Å². The van der Waals surface area contributed by atoms with Gasteiger partial charge in [-0.05, 0) is 36.4 Å². The minimum absolute atomic E-state index is 0.155. The van der Waals surface area contributed by atoms with Crippen LogP contribution in [-0.4, -0.2) is 24.8 Å². The van der Waals surface area contributed by atoms with E-state index in [0.29, 0.717) is 33.3 Å². The SMILES string of the molecule is Clc1cccc(Nc2ccc3nnc(COc4cccc(Cl)n4)n3n2)c1. The van der Waals surface area contributed by atoms with Gasteiger partial charge in [-0.15, -0.1) is 15.3 Å². The number of hydrogen-bond acceptors (Lipinski definition) is 6. The second-order valence-electron chi connectivity index (χ2n) is 5.33. The van der Waals surface area contributed by atoms with Crippen LogP contribution in [-0.2, 0) is 6.61 Å². The fraction of sp³-hybridized carbons (Fsp3) is 0.0588. The second-order valence-corrected chi connectivity index (χ2v) is 6.15. The average Bonchev–Trinajstić information content (AvgIpc) is 3.02. The fourth-order valence-electron chi connectivity index (χ4n) is 2.31. The number of halogens is 2. The van der Waals surface area contributed by atoms with Crippen LogP contribution < -0.4 is 10.1 Å². The molecule has 0 spiro atoms. The van der Waals surface area contributed by atoms with Crippen molar-refractivity contribution in [3.8, 4) is 5.88 Å². The summed E-state index contributed by atoms with van der Waals surface area (Å²) < 4.78 is 7.23. The predicted molar refractivity (Wildman–Crippen MR) is 99.1 cm³/mol. The van der Waals surface area contributed by atoms with E-state index in [0.717, 1.165) is 5.69 Å². The molecule has 0 aliphatic rings. The zero-order chi connectivity index (χ0) is 17.9. The van der Waals surface area contributed by atoms with Gasteiger partial charge in [-0.25, -0.2) is 4.98 Å². The Hall–Kier alpha value is -2.90. The lowest BCUT2D eigenvalue weighted by Gasteiger charge is -2.07. The standard InChI is InChI=1S/C17H12Cl2N6O/c18-11-3-1-4-12(9-11)20-14-7-8-15-22-23-16(25(15)24-14)10-26-17-6-2-5-13(19)21-17/h1-9H,10H2,(H,20,24). The first kappa shape index (κ1) is 16.6. The van der Waals surface area contributed by atoms with Crippen molar-refractivity contribution in [1.82, 2.24) is 24.8 Å². The molecule has 0 fully saturated rings. The predicted octanol–water partition coefficient (Wildman–Crippen LogP) is 4.15. The molecule has 0 saturated heterocycles. The van der Waals surface area contributed by atoms with Gasteiger partial charge < -0.3 is 10.1 Å². The van der Waals surface area contributed by atoms with Crippen molar-refractivity contribution in [2.24, 2.45) is 0 Å². The smallest absolute Gasteiger partial charge is 0.215 e. The first-order valence-electron chi connectivity index (χ1n) is 7.67. The van der Waals surface area contributed by atoms with E-state index in [1.807, 2.05) is 36.4 Å². The van der Waals surface area contributed by atoms with Gasteiger partial charge in [-0.2, -0.15) is 4.52 Å². The number of rotatable bonds is 5. The lowest BCUT2D eigenvalue weighted by atomic mass is 10.3. The van der Waals surface area contributed by atoms with Crippen molar-refractivity contribution < 1.29 is 4.74 Å². The molecule has 9 heteroatoms. The molecule has 0 bridgehead atoms. The van der Waals surface area contributed by atoms with E-state index in [2.05, 4.69) is 25.6 Å². The number of aromatic nitrogens is 5. The molecule has 0 aliphatic carbocycles. The molecule has 0 amide bonds. The number of hydrogen-bond donors (Lipinski definition) is 1. The number of nitrogens with zero attached hydrogens (tertiary/aromatic N) is 5. The highest BCUT2D eigenvalue weighted by Crippen LogP contribution is 2.19. The van der Waals surface area contributed by atoms with Gasteiger partial charge in [0, 0.05) is 16.8 Å². The Kier molecular flexibility index (Phi) is 4.55. The van der Waals surface area contributed by atoms with E-state index < -0.39 is 0 Å². The molecule has 7 nitrogen and oxygen atoms in total. The third-order valence-corrected chi connectivity index (χ3v) is 3.91. The average molecular weight is 387 g/mol. The third-order valence-electron chi connectivity index (χ3n) is 3.46. The molecule has 0 atom stereocenters. The lowest BCUT2D eigenvalue weighted by Crippen LogP contribution is -2.06. The van der Waals surface area contributed by atoms with Crippen LogP contribution in [0.5, 0.6) is 5.88 Å². The van der Waals surface area contributed by atoms with Gasteiger partial charge in [0.1, 0.15) is 5.15 Å². The molecule has 3 aromatic heterocycles. The Morgan fingerprint density at radius 1 is 1.00 bits per heavy atom. The molecule has 0 radical (unpaired) electrons. The summed E-state index contributed by atoms with van der Waals surface area (Å²) in [7, 11) is 0. The Morgan fingerprint density at radius 2 is 1.88 bits per heavy atom. The monoisotopic (exact) mass is 386 g/mol. The van der Waals surface area contributed by atoms with Gasteiger partial charge in [0.25, 0.3) is 0 Å². The van der Waals surface area contributed by atoms with E-state index in [4.69, 9.17) is 27.9 Å². The topological polar surface area (TPSA) is 77.2 Å². The maximum Gasteiger partial charge on any atom is 0.215 e. The van der Waals surface area contributed by atoms with Crippen molar-refractivity contribution >= 4 is 40.4 Å². The molecule has 0 aliphatic heterocycles. The molecule has 1 N–H and O–H groups in total. The number of nitrogens with one attached hydrogen (secondary N) is 1. The molecule has 4 rings (SSSR count). The van der Waals surface area contributed by atoms with Crippen molar-refractivity contribution in [2.75, 3.05) is 5.32 Å². The van der Waals surface area contributed by atoms with Gasteiger partial charge in [0.15, 0.2) is 23.9 Å². The summed E-state index contributed by atoms with van der Waals surface area (Å²) in [5.41, 5.74) is 1.44. The maximum absolute atomic E-state index is 6.01. The Bertz CT molecular complexity index is 1070. The molecular formula is C17H12Cl2N6O. The first-order chi connectivity index (χ1) is 12.7. The zero-order valence-electron chi connectivity index (χ0n) is 13.3.